The minimum atomic E-state index is -1.02. The molecule has 5 heteroatoms. The quantitative estimate of drug-likeness (QED) is 0.187. The van der Waals surface area contributed by atoms with Crippen molar-refractivity contribution in [1.29, 1.82) is 5.26 Å². The summed E-state index contributed by atoms with van der Waals surface area (Å²) >= 11 is 0. The molecule has 0 spiro atoms. The Bertz CT molecular complexity index is 1180. The normalized spacial score (nSPS) is 17.2. The second kappa shape index (κ2) is 28.8. The molecule has 1 aromatic rings. The monoisotopic (exact) mass is 680 g/mol. The lowest BCUT2D eigenvalue weighted by Crippen LogP contribution is -2.37. The number of hydrogen-bond donors (Lipinski definition) is 1. The third-order valence-electron chi connectivity index (χ3n) is 8.56. The lowest BCUT2D eigenvalue weighted by molar-refractivity contribution is -0.127. The lowest BCUT2D eigenvalue weighted by atomic mass is 9.68. The van der Waals surface area contributed by atoms with Crippen LogP contribution in [-0.4, -0.2) is 34.3 Å². The van der Waals surface area contributed by atoms with Gasteiger partial charge in [-0.05, 0) is 132 Å². The van der Waals surface area contributed by atoms with Crippen LogP contribution in [0.4, 0.5) is 0 Å². The predicted octanol–water partition coefficient (Wildman–Crippen LogP) is 12.6. The molecule has 0 radical (unpaired) electrons. The summed E-state index contributed by atoms with van der Waals surface area (Å²) in [6.45, 7) is 34.8. The number of aryl methyl sites for hydroxylation is 2. The van der Waals surface area contributed by atoms with Crippen LogP contribution in [0.2, 0.25) is 0 Å². The van der Waals surface area contributed by atoms with Gasteiger partial charge in [0.1, 0.15) is 5.82 Å². The smallest absolute Gasteiger partial charge is 0.225 e. The molecule has 5 nitrogen and oxygen atoms in total. The number of amides is 1. The largest absolute Gasteiger partial charge is 0.386 e. The maximum Gasteiger partial charge on any atom is 0.225 e. The Labute approximate surface area is 304 Å². The fraction of sp³-hybridized carbons (Fsp3) is 0.659. The minimum Gasteiger partial charge on any atom is -0.386 e. The summed E-state index contributed by atoms with van der Waals surface area (Å²) in [5, 5.41) is 18.7. The molecule has 1 aromatic carbocycles. The number of benzene rings is 1. The van der Waals surface area contributed by atoms with Crippen molar-refractivity contribution < 1.29 is 9.90 Å². The third-order valence-corrected chi connectivity index (χ3v) is 8.56. The Balaban J connectivity index is -0.000000785. The second-order valence-corrected chi connectivity index (χ2v) is 13.7. The third kappa shape index (κ3) is 22.4. The number of rotatable bonds is 11. The average molecular weight is 680 g/mol. The molecule has 2 rings (SSSR count). The topological polar surface area (TPSA) is 76.7 Å². The molecular weight excluding hydrogens is 603 g/mol. The Morgan fingerprint density at radius 2 is 1.76 bits per heavy atom. The summed E-state index contributed by atoms with van der Waals surface area (Å²) in [5.74, 6) is 1.15. The number of carbonyl (C=O) groups is 1. The van der Waals surface area contributed by atoms with E-state index >= 15 is 0 Å². The Hall–Kier alpha value is -2.97. The van der Waals surface area contributed by atoms with E-state index in [0.29, 0.717) is 29.3 Å². The molecule has 1 N–H and O–H groups in total. The summed E-state index contributed by atoms with van der Waals surface area (Å²) in [7, 11) is 0. The van der Waals surface area contributed by atoms with Crippen LogP contribution in [0.1, 0.15) is 170 Å². The van der Waals surface area contributed by atoms with E-state index in [4.69, 9.17) is 5.26 Å². The van der Waals surface area contributed by atoms with Crippen molar-refractivity contribution in [2.75, 3.05) is 6.54 Å². The molecule has 0 heterocycles. The van der Waals surface area contributed by atoms with Crippen LogP contribution in [-0.2, 0) is 11.2 Å². The number of nitrogens with zero attached hydrogens (tertiary/aromatic N) is 3. The fourth-order valence-electron chi connectivity index (χ4n) is 5.55. The van der Waals surface area contributed by atoms with Gasteiger partial charge in [0, 0.05) is 19.7 Å². The van der Waals surface area contributed by atoms with Crippen molar-refractivity contribution in [3.05, 3.63) is 70.6 Å². The van der Waals surface area contributed by atoms with Gasteiger partial charge in [-0.15, -0.1) is 0 Å². The molecule has 1 amide bonds. The first kappa shape index (κ1) is 50.4. The number of carbonyl (C=O) groups excluding carboxylic acids is 1. The highest BCUT2D eigenvalue weighted by atomic mass is 16.3. The number of hydrogen-bond acceptors (Lipinski definition) is 4. The van der Waals surface area contributed by atoms with E-state index in [-0.39, 0.29) is 5.91 Å². The highest BCUT2D eigenvalue weighted by Crippen LogP contribution is 2.43. The van der Waals surface area contributed by atoms with E-state index in [2.05, 4.69) is 85.2 Å². The molecule has 1 aliphatic carbocycles. The standard InChI is InChI=1S/C23H40N2O2.C11H13N.C5H10.C3H8.C2H6/c1-8-10-13-23(7)14-11-12-20(15-23)17-25(19(4)26)21(9-2)24-16-18(3)22(5,6)27;1-4-11-6-10(7-12)5-8(2)9(11)3;1-3-5-4-2;1-3-2;1-2/h9,16,20,27H,3,8,10-15,17H2,1-2,4-7H3;5-6H,4H2,1-3H3;3,5H,4H2,1-2H3;3H2,1-2H3;1-2H3/b21-9+,24-16-;;5-3-;;/t20?,23-;;;;/m0..../s1. The summed E-state index contributed by atoms with van der Waals surface area (Å²) < 4.78 is 0. The predicted molar refractivity (Wildman–Crippen MR) is 217 cm³/mol. The van der Waals surface area contributed by atoms with Crippen molar-refractivity contribution in [3.63, 3.8) is 0 Å². The molecule has 1 aliphatic rings. The van der Waals surface area contributed by atoms with E-state index in [9.17, 15) is 9.90 Å². The zero-order chi connectivity index (χ0) is 38.6. The number of unbranched alkanes of at least 4 members (excludes halogenated alkanes) is 1. The molecule has 0 saturated heterocycles. The Morgan fingerprint density at radius 3 is 2.16 bits per heavy atom. The van der Waals surface area contributed by atoms with E-state index in [1.165, 1.54) is 68.1 Å². The van der Waals surface area contributed by atoms with Crippen molar-refractivity contribution in [2.24, 2.45) is 16.3 Å². The van der Waals surface area contributed by atoms with Crippen molar-refractivity contribution in [2.45, 2.75) is 174 Å². The van der Waals surface area contributed by atoms with E-state index in [0.717, 1.165) is 18.4 Å². The summed E-state index contributed by atoms with van der Waals surface area (Å²) in [5.41, 5.74) is 4.49. The minimum absolute atomic E-state index is 0.00922. The zero-order valence-corrected chi connectivity index (χ0v) is 34.7. The molecule has 1 saturated carbocycles. The zero-order valence-electron chi connectivity index (χ0n) is 34.7. The summed E-state index contributed by atoms with van der Waals surface area (Å²) in [4.78, 5) is 18.6. The van der Waals surface area contributed by atoms with Gasteiger partial charge < -0.3 is 5.11 Å². The number of allylic oxidation sites excluding steroid dienone is 3. The first-order chi connectivity index (χ1) is 23.0. The van der Waals surface area contributed by atoms with Gasteiger partial charge in [0.05, 0.1) is 17.2 Å². The van der Waals surface area contributed by atoms with Gasteiger partial charge in [-0.2, -0.15) is 5.26 Å². The van der Waals surface area contributed by atoms with Crippen LogP contribution < -0.4 is 0 Å². The SMILES string of the molecule is C/C=C\CC.C=C(/C=N\C(=C/C)N(CC1CCC[C@](C)(CCCC)C1)C(C)=O)C(C)(C)O.CC.CCC.CCc1cc(C#N)cc(C)c1C. The van der Waals surface area contributed by atoms with Gasteiger partial charge in [0.25, 0.3) is 0 Å². The fourth-order valence-corrected chi connectivity index (χ4v) is 5.55. The average Bonchev–Trinajstić information content (AvgIpc) is 3.06. The summed E-state index contributed by atoms with van der Waals surface area (Å²) in [6.07, 6.45) is 19.7. The highest BCUT2D eigenvalue weighted by Gasteiger charge is 2.33. The maximum atomic E-state index is 12.3. The molecule has 0 aromatic heterocycles. The van der Waals surface area contributed by atoms with Crippen LogP contribution in [0.15, 0.2) is 53.3 Å². The first-order valence-electron chi connectivity index (χ1n) is 19.1. The van der Waals surface area contributed by atoms with Gasteiger partial charge >= 0.3 is 0 Å². The molecule has 2 atom stereocenters. The van der Waals surface area contributed by atoms with Crippen molar-refractivity contribution in [3.8, 4) is 6.07 Å². The molecule has 0 bridgehead atoms. The van der Waals surface area contributed by atoms with Crippen LogP contribution in [0.5, 0.6) is 0 Å². The van der Waals surface area contributed by atoms with Gasteiger partial charge in [-0.1, -0.05) is 99.8 Å². The Kier molecular flexibility index (Phi) is 29.7. The first-order valence-corrected chi connectivity index (χ1v) is 19.1. The molecule has 1 fully saturated rings. The van der Waals surface area contributed by atoms with E-state index in [1.807, 2.05) is 45.9 Å². The molecule has 1 unspecified atom stereocenters. The number of nitriles is 1. The van der Waals surface area contributed by atoms with Crippen molar-refractivity contribution >= 4 is 12.1 Å². The van der Waals surface area contributed by atoms with Crippen LogP contribution in [0.25, 0.3) is 0 Å². The molecule has 49 heavy (non-hydrogen) atoms. The van der Waals surface area contributed by atoms with Crippen molar-refractivity contribution in [1.82, 2.24) is 4.90 Å². The molecular formula is C44H77N3O2. The second-order valence-electron chi connectivity index (χ2n) is 13.7. The van der Waals surface area contributed by atoms with Gasteiger partial charge in [0.15, 0.2) is 0 Å². The number of aliphatic hydroxyl groups is 1. The lowest BCUT2D eigenvalue weighted by Gasteiger charge is -2.40. The van der Waals surface area contributed by atoms with E-state index < -0.39 is 5.60 Å². The van der Waals surface area contributed by atoms with Crippen LogP contribution in [0.3, 0.4) is 0 Å². The van der Waals surface area contributed by atoms with Gasteiger partial charge in [-0.3, -0.25) is 9.69 Å². The molecule has 280 valence electrons. The van der Waals surface area contributed by atoms with Gasteiger partial charge in [-0.25, -0.2) is 4.99 Å². The summed E-state index contributed by atoms with van der Waals surface area (Å²) in [6, 6.07) is 6.08. The highest BCUT2D eigenvalue weighted by molar-refractivity contribution is 5.82. The van der Waals surface area contributed by atoms with Crippen LogP contribution >= 0.6 is 0 Å². The maximum absolute atomic E-state index is 12.3. The van der Waals surface area contributed by atoms with E-state index in [1.54, 1.807) is 31.9 Å². The van der Waals surface area contributed by atoms with Gasteiger partial charge in [0.2, 0.25) is 5.91 Å². The number of aliphatic imine (C=N–C) groups is 1. The van der Waals surface area contributed by atoms with Crippen LogP contribution in [0, 0.1) is 36.5 Å². The Morgan fingerprint density at radius 1 is 1.16 bits per heavy atom. The molecule has 0 aliphatic heterocycles.